The largest absolute Gasteiger partial charge is 0.370 e. The maximum absolute atomic E-state index is 5.40. The first-order valence-corrected chi connectivity index (χ1v) is 6.19. The minimum absolute atomic E-state index is 0.256. The smallest absolute Gasteiger partial charge is 0.0851 e. The van der Waals surface area contributed by atoms with Gasteiger partial charge in [-0.3, -0.25) is 0 Å². The van der Waals surface area contributed by atoms with Crippen LogP contribution in [0.1, 0.15) is 19.3 Å². The van der Waals surface area contributed by atoms with Crippen LogP contribution in [-0.4, -0.2) is 20.6 Å². The molecule has 0 radical (unpaired) electrons. The molecule has 0 spiro atoms. The van der Waals surface area contributed by atoms with Crippen molar-refractivity contribution in [2.24, 2.45) is 0 Å². The average molecular weight is 238 g/mol. The molecular weight excluding hydrogens is 227 g/mol. The average Bonchev–Trinajstić information content (AvgIpc) is 2.64. The monoisotopic (exact) mass is 238 g/mol. The zero-order valence-electron chi connectivity index (χ0n) is 5.35. The molecular formula is C7H11IO. The fraction of sp³-hybridized carbons (Fsp3) is 0.857. The van der Waals surface area contributed by atoms with Gasteiger partial charge in [-0.2, -0.15) is 0 Å². The normalized spacial score (nSPS) is 48.2. The zero-order valence-corrected chi connectivity index (χ0v) is 7.50. The van der Waals surface area contributed by atoms with Crippen LogP contribution in [0, 0.1) is 0 Å². The molecule has 1 saturated heterocycles. The molecule has 3 unspecified atom stereocenters. The number of epoxide rings is 1. The van der Waals surface area contributed by atoms with E-state index in [2.05, 4.69) is 4.51 Å². The second-order valence-electron chi connectivity index (χ2n) is 2.78. The van der Waals surface area contributed by atoms with Crippen LogP contribution >= 0.6 is 20.7 Å². The second kappa shape index (κ2) is 2.31. The van der Waals surface area contributed by atoms with Gasteiger partial charge >= 0.3 is 0 Å². The van der Waals surface area contributed by atoms with Gasteiger partial charge in [0.2, 0.25) is 0 Å². The van der Waals surface area contributed by atoms with Gasteiger partial charge in [0, 0.05) is 3.92 Å². The predicted octanol–water partition coefficient (Wildman–Crippen LogP) is 1.71. The summed E-state index contributed by atoms with van der Waals surface area (Å²) in [5, 5.41) is 0. The summed E-state index contributed by atoms with van der Waals surface area (Å²) in [6, 6.07) is 0. The van der Waals surface area contributed by atoms with Crippen molar-refractivity contribution in [2.75, 3.05) is 0 Å². The fourth-order valence-corrected chi connectivity index (χ4v) is 3.16. The molecule has 0 N–H and O–H groups in total. The van der Waals surface area contributed by atoms with Crippen LogP contribution in [-0.2, 0) is 4.74 Å². The van der Waals surface area contributed by atoms with Crippen molar-refractivity contribution in [3.05, 3.63) is 0 Å². The first-order chi connectivity index (χ1) is 4.40. The summed E-state index contributed by atoms with van der Waals surface area (Å²) in [5.41, 5.74) is 0. The molecule has 52 valence electrons. The molecule has 0 aromatic heterocycles. The van der Waals surface area contributed by atoms with Crippen molar-refractivity contribution in [2.45, 2.75) is 35.4 Å². The highest BCUT2D eigenvalue weighted by Gasteiger charge is 2.43. The van der Waals surface area contributed by atoms with Gasteiger partial charge in [-0.1, -0.05) is 4.51 Å². The topological polar surface area (TPSA) is 12.5 Å². The van der Waals surface area contributed by atoms with Crippen molar-refractivity contribution < 1.29 is 4.74 Å². The molecule has 3 atom stereocenters. The lowest BCUT2D eigenvalue weighted by atomic mass is 10.0. The quantitative estimate of drug-likeness (QED) is 0.385. The standard InChI is InChI=1S/C7H11IO/c1-8-5-2-3-6-7(4-5)9-6/h5-7H,1-4H2. The summed E-state index contributed by atoms with van der Waals surface area (Å²) in [4.78, 5) is 0. The number of hydrogen-bond donors (Lipinski definition) is 0. The van der Waals surface area contributed by atoms with Crippen LogP contribution in [0.5, 0.6) is 0 Å². The number of hydrogen-bond acceptors (Lipinski definition) is 1. The van der Waals surface area contributed by atoms with Crippen LogP contribution < -0.4 is 0 Å². The van der Waals surface area contributed by atoms with E-state index in [4.69, 9.17) is 4.74 Å². The number of rotatable bonds is 1. The molecule has 1 saturated carbocycles. The Morgan fingerprint density at radius 3 is 2.89 bits per heavy atom. The Balaban J connectivity index is 1.93. The number of ether oxygens (including phenoxy) is 1. The van der Waals surface area contributed by atoms with E-state index in [1.807, 2.05) is 0 Å². The highest BCUT2D eigenvalue weighted by Crippen LogP contribution is 2.40. The lowest BCUT2D eigenvalue weighted by Gasteiger charge is -2.12. The Morgan fingerprint density at radius 2 is 2.22 bits per heavy atom. The van der Waals surface area contributed by atoms with Gasteiger partial charge in [-0.05, 0) is 19.3 Å². The lowest BCUT2D eigenvalue weighted by molar-refractivity contribution is 0.373. The van der Waals surface area contributed by atoms with E-state index in [1.165, 1.54) is 19.3 Å². The predicted molar refractivity (Wildman–Crippen MR) is 47.4 cm³/mol. The van der Waals surface area contributed by atoms with Crippen LogP contribution in [0.25, 0.3) is 0 Å². The first kappa shape index (κ1) is 6.28. The van der Waals surface area contributed by atoms with Crippen LogP contribution in [0.3, 0.4) is 0 Å². The summed E-state index contributed by atoms with van der Waals surface area (Å²) < 4.78 is 10.4. The van der Waals surface area contributed by atoms with E-state index in [-0.39, 0.29) is 20.7 Å². The number of halogens is 1. The van der Waals surface area contributed by atoms with E-state index in [0.717, 1.165) is 3.92 Å². The molecule has 2 aliphatic rings. The molecule has 2 heteroatoms. The summed E-state index contributed by atoms with van der Waals surface area (Å²) >= 11 is 0.256. The van der Waals surface area contributed by atoms with Gasteiger partial charge < -0.3 is 4.74 Å². The Bertz CT molecular complexity index is 135. The Kier molecular flexibility index (Phi) is 1.61. The van der Waals surface area contributed by atoms with E-state index < -0.39 is 0 Å². The van der Waals surface area contributed by atoms with E-state index in [0.29, 0.717) is 12.2 Å². The summed E-state index contributed by atoms with van der Waals surface area (Å²) in [7, 11) is 0. The lowest BCUT2D eigenvalue weighted by Crippen LogP contribution is -2.12. The maximum atomic E-state index is 5.40. The second-order valence-corrected chi connectivity index (χ2v) is 5.42. The molecule has 1 heterocycles. The zero-order chi connectivity index (χ0) is 6.27. The highest BCUT2D eigenvalue weighted by atomic mass is 127. The summed E-state index contributed by atoms with van der Waals surface area (Å²) in [6.45, 7) is 0. The molecule has 2 rings (SSSR count). The van der Waals surface area contributed by atoms with Crippen LogP contribution in [0.4, 0.5) is 0 Å². The third-order valence-electron chi connectivity index (χ3n) is 2.16. The minimum atomic E-state index is 0.256. The fourth-order valence-electron chi connectivity index (χ4n) is 1.50. The van der Waals surface area contributed by atoms with E-state index in [1.54, 1.807) is 0 Å². The van der Waals surface area contributed by atoms with Crippen molar-refractivity contribution in [3.63, 3.8) is 0 Å². The van der Waals surface area contributed by atoms with Gasteiger partial charge in [0.25, 0.3) is 0 Å². The number of alkyl halides is 1. The van der Waals surface area contributed by atoms with Crippen molar-refractivity contribution in [1.82, 2.24) is 0 Å². The molecule has 0 bridgehead atoms. The Hall–Kier alpha value is 0.560. The molecule has 2 fully saturated rings. The third kappa shape index (κ3) is 1.19. The van der Waals surface area contributed by atoms with E-state index in [9.17, 15) is 0 Å². The molecule has 0 amide bonds. The third-order valence-corrected chi connectivity index (χ3v) is 4.54. The number of fused-ring (bicyclic) bond motifs is 1. The Morgan fingerprint density at radius 1 is 1.33 bits per heavy atom. The van der Waals surface area contributed by atoms with Crippen molar-refractivity contribution in [3.8, 4) is 0 Å². The van der Waals surface area contributed by atoms with Crippen molar-refractivity contribution >= 4 is 25.2 Å². The van der Waals surface area contributed by atoms with Crippen molar-refractivity contribution in [1.29, 1.82) is 0 Å². The van der Waals surface area contributed by atoms with Crippen LogP contribution in [0.15, 0.2) is 0 Å². The van der Waals surface area contributed by atoms with E-state index >= 15 is 0 Å². The molecule has 1 aliphatic carbocycles. The summed E-state index contributed by atoms with van der Waals surface area (Å²) in [6.07, 6.45) is 5.41. The van der Waals surface area contributed by atoms with Gasteiger partial charge in [-0.25, -0.2) is 0 Å². The van der Waals surface area contributed by atoms with Gasteiger partial charge in [-0.15, -0.1) is 20.7 Å². The minimum Gasteiger partial charge on any atom is -0.370 e. The van der Waals surface area contributed by atoms with Gasteiger partial charge in [0.1, 0.15) is 0 Å². The van der Waals surface area contributed by atoms with Gasteiger partial charge in [0.05, 0.1) is 12.2 Å². The first-order valence-electron chi connectivity index (χ1n) is 3.42. The molecule has 0 aromatic rings. The molecule has 1 aliphatic heterocycles. The highest BCUT2D eigenvalue weighted by molar-refractivity contribution is 14.2. The molecule has 9 heavy (non-hydrogen) atoms. The maximum Gasteiger partial charge on any atom is 0.0851 e. The Labute approximate surface area is 65.5 Å². The summed E-state index contributed by atoms with van der Waals surface area (Å²) in [5.74, 6) is 0. The molecule has 1 nitrogen and oxygen atoms in total. The SMILES string of the molecule is C=IC1CCC2OC2C1. The molecule has 0 aromatic carbocycles. The van der Waals surface area contributed by atoms with Gasteiger partial charge in [0.15, 0.2) is 0 Å². The van der Waals surface area contributed by atoms with Crippen LogP contribution in [0.2, 0.25) is 0 Å².